The lowest BCUT2D eigenvalue weighted by Crippen LogP contribution is -2.66. The van der Waals surface area contributed by atoms with Crippen LogP contribution >= 0.6 is 47.8 Å². The SMILES string of the molecule is BrC1N2CCN(CC2)C1(Br)Br. The normalized spacial score (nSPS) is 47.7. The Kier molecular flexibility index (Phi) is 2.39. The van der Waals surface area contributed by atoms with Crippen molar-refractivity contribution in [1.29, 1.82) is 0 Å². The largest absolute Gasteiger partial charge is 0.285 e. The van der Waals surface area contributed by atoms with E-state index in [9.17, 15) is 0 Å². The number of piperazine rings is 3. The van der Waals surface area contributed by atoms with Crippen molar-refractivity contribution in [2.75, 3.05) is 26.2 Å². The van der Waals surface area contributed by atoms with Gasteiger partial charge in [0.15, 0.2) is 3.36 Å². The molecule has 0 aromatic heterocycles. The van der Waals surface area contributed by atoms with Gasteiger partial charge in [0.25, 0.3) is 0 Å². The molecule has 64 valence electrons. The summed E-state index contributed by atoms with van der Waals surface area (Å²) in [6, 6.07) is 0. The lowest BCUT2D eigenvalue weighted by atomic mass is 10.2. The Hall–Kier alpha value is 1.36. The third kappa shape index (κ3) is 1.33. The number of halogens is 3. The fraction of sp³-hybridized carbons (Fsp3) is 1.00. The van der Waals surface area contributed by atoms with Crippen molar-refractivity contribution in [2.24, 2.45) is 0 Å². The number of alkyl halides is 3. The lowest BCUT2D eigenvalue weighted by Gasteiger charge is -2.53. The second-order valence-corrected chi connectivity index (χ2v) is 7.30. The van der Waals surface area contributed by atoms with Crippen LogP contribution in [0.2, 0.25) is 0 Å². The van der Waals surface area contributed by atoms with Gasteiger partial charge >= 0.3 is 0 Å². The molecule has 0 amide bonds. The molecule has 2 bridgehead atoms. The summed E-state index contributed by atoms with van der Waals surface area (Å²) in [4.78, 5) is 5.23. The third-order valence-corrected chi connectivity index (χ3v) is 6.68. The molecule has 3 aliphatic rings. The number of nitrogens with zero attached hydrogens (tertiary/aromatic N) is 2. The molecule has 0 spiro atoms. The fourth-order valence-corrected chi connectivity index (χ4v) is 3.60. The van der Waals surface area contributed by atoms with Gasteiger partial charge < -0.3 is 0 Å². The van der Waals surface area contributed by atoms with Gasteiger partial charge in [-0.1, -0.05) is 47.8 Å². The van der Waals surface area contributed by atoms with E-state index in [0.717, 1.165) is 13.1 Å². The standard InChI is InChI=1S/C6H9Br3N2/c7-5-6(8,9)11-3-1-10(5)2-4-11/h5H,1-4H2. The van der Waals surface area contributed by atoms with Gasteiger partial charge in [0, 0.05) is 26.2 Å². The summed E-state index contributed by atoms with van der Waals surface area (Å²) in [7, 11) is 0. The van der Waals surface area contributed by atoms with Crippen molar-refractivity contribution in [3.05, 3.63) is 0 Å². The van der Waals surface area contributed by atoms with Crippen molar-refractivity contribution in [3.8, 4) is 0 Å². The van der Waals surface area contributed by atoms with Gasteiger partial charge in [0.1, 0.15) is 4.95 Å². The minimum absolute atomic E-state index is 0.0451. The molecule has 3 rings (SSSR count). The van der Waals surface area contributed by atoms with Crippen LogP contribution in [0.15, 0.2) is 0 Å². The van der Waals surface area contributed by atoms with E-state index < -0.39 is 0 Å². The summed E-state index contributed by atoms with van der Waals surface area (Å²) >= 11 is 11.0. The van der Waals surface area contributed by atoms with Crippen LogP contribution in [-0.4, -0.2) is 44.3 Å². The van der Waals surface area contributed by atoms with Gasteiger partial charge in [-0.15, -0.1) is 0 Å². The van der Waals surface area contributed by atoms with Crippen LogP contribution in [0.3, 0.4) is 0 Å². The zero-order chi connectivity index (χ0) is 8.06. The molecule has 5 heteroatoms. The highest BCUT2D eigenvalue weighted by Gasteiger charge is 2.48. The molecule has 3 fully saturated rings. The van der Waals surface area contributed by atoms with E-state index >= 15 is 0 Å². The molecular weight excluding hydrogens is 340 g/mol. The summed E-state index contributed by atoms with van der Waals surface area (Å²) in [5.74, 6) is 0. The number of fused-ring (bicyclic) bond motifs is 3. The first-order valence-electron chi connectivity index (χ1n) is 3.63. The van der Waals surface area contributed by atoms with Crippen LogP contribution in [0.5, 0.6) is 0 Å². The van der Waals surface area contributed by atoms with E-state index in [2.05, 4.69) is 57.6 Å². The molecule has 0 aromatic rings. The van der Waals surface area contributed by atoms with Gasteiger partial charge in [-0.3, -0.25) is 9.80 Å². The smallest absolute Gasteiger partial charge is 0.158 e. The van der Waals surface area contributed by atoms with Crippen LogP contribution in [-0.2, 0) is 0 Å². The van der Waals surface area contributed by atoms with E-state index in [0.29, 0.717) is 4.95 Å². The maximum absolute atomic E-state index is 3.67. The van der Waals surface area contributed by atoms with Crippen molar-refractivity contribution in [3.63, 3.8) is 0 Å². The molecule has 0 radical (unpaired) electrons. The molecule has 11 heavy (non-hydrogen) atoms. The molecule has 2 nitrogen and oxygen atoms in total. The molecule has 3 saturated heterocycles. The average Bonchev–Trinajstić information content (AvgIpc) is 2.01. The maximum atomic E-state index is 3.67. The Bertz CT molecular complexity index is 161. The molecule has 3 aliphatic heterocycles. The highest BCUT2D eigenvalue weighted by atomic mass is 79.9. The number of rotatable bonds is 0. The van der Waals surface area contributed by atoms with Crippen molar-refractivity contribution < 1.29 is 0 Å². The van der Waals surface area contributed by atoms with Crippen LogP contribution in [0.1, 0.15) is 0 Å². The second-order valence-electron chi connectivity index (χ2n) is 2.95. The van der Waals surface area contributed by atoms with Crippen LogP contribution in [0, 0.1) is 0 Å². The molecule has 0 aromatic carbocycles. The highest BCUT2D eigenvalue weighted by molar-refractivity contribution is 9.26. The van der Waals surface area contributed by atoms with Crippen molar-refractivity contribution in [1.82, 2.24) is 9.80 Å². The number of hydrogen-bond donors (Lipinski definition) is 0. The van der Waals surface area contributed by atoms with E-state index in [1.165, 1.54) is 13.1 Å². The summed E-state index contributed by atoms with van der Waals surface area (Å²) < 4.78 is -0.0451. The molecule has 0 saturated carbocycles. The summed E-state index contributed by atoms with van der Waals surface area (Å²) in [6.45, 7) is 4.65. The Balaban J connectivity index is 2.23. The molecule has 0 aliphatic carbocycles. The summed E-state index contributed by atoms with van der Waals surface area (Å²) in [5, 5.41) is 0. The van der Waals surface area contributed by atoms with Crippen LogP contribution < -0.4 is 0 Å². The average molecular weight is 349 g/mol. The molecule has 1 atom stereocenters. The first-order chi connectivity index (χ1) is 5.12. The minimum Gasteiger partial charge on any atom is -0.285 e. The zero-order valence-electron chi connectivity index (χ0n) is 5.93. The van der Waals surface area contributed by atoms with E-state index in [4.69, 9.17) is 0 Å². The first kappa shape index (κ1) is 8.94. The van der Waals surface area contributed by atoms with Crippen molar-refractivity contribution in [2.45, 2.75) is 8.31 Å². The number of hydrogen-bond acceptors (Lipinski definition) is 2. The fourth-order valence-electron chi connectivity index (χ4n) is 1.62. The lowest BCUT2D eigenvalue weighted by molar-refractivity contribution is 0.0290. The third-order valence-electron chi connectivity index (χ3n) is 2.34. The van der Waals surface area contributed by atoms with Gasteiger partial charge in [-0.2, -0.15) is 0 Å². The van der Waals surface area contributed by atoms with Gasteiger partial charge in [-0.25, -0.2) is 0 Å². The molecule has 3 heterocycles. The minimum atomic E-state index is -0.0451. The Morgan fingerprint density at radius 1 is 1.09 bits per heavy atom. The monoisotopic (exact) mass is 346 g/mol. The van der Waals surface area contributed by atoms with Gasteiger partial charge in [0.2, 0.25) is 0 Å². The summed E-state index contributed by atoms with van der Waals surface area (Å²) in [6.07, 6.45) is 0. The molecule has 1 unspecified atom stereocenters. The van der Waals surface area contributed by atoms with Gasteiger partial charge in [0.05, 0.1) is 0 Å². The predicted octanol–water partition coefficient (Wildman–Crippen LogP) is 1.78. The van der Waals surface area contributed by atoms with E-state index in [1.54, 1.807) is 0 Å². The molecule has 0 N–H and O–H groups in total. The second kappa shape index (κ2) is 2.94. The first-order valence-corrected chi connectivity index (χ1v) is 6.13. The van der Waals surface area contributed by atoms with E-state index in [1.807, 2.05) is 0 Å². The van der Waals surface area contributed by atoms with Crippen LogP contribution in [0.4, 0.5) is 0 Å². The van der Waals surface area contributed by atoms with Crippen LogP contribution in [0.25, 0.3) is 0 Å². The molecular formula is C6H9Br3N2. The van der Waals surface area contributed by atoms with Crippen molar-refractivity contribution >= 4 is 47.8 Å². The zero-order valence-corrected chi connectivity index (χ0v) is 10.7. The predicted molar refractivity (Wildman–Crippen MR) is 56.4 cm³/mol. The Morgan fingerprint density at radius 3 is 1.91 bits per heavy atom. The highest BCUT2D eigenvalue weighted by Crippen LogP contribution is 2.44. The Morgan fingerprint density at radius 2 is 1.64 bits per heavy atom. The quantitative estimate of drug-likeness (QED) is 0.486. The maximum Gasteiger partial charge on any atom is 0.158 e. The Labute approximate surface area is 91.7 Å². The van der Waals surface area contributed by atoms with Gasteiger partial charge in [-0.05, 0) is 0 Å². The van der Waals surface area contributed by atoms with E-state index in [-0.39, 0.29) is 3.36 Å². The summed E-state index contributed by atoms with van der Waals surface area (Å²) in [5.41, 5.74) is 0. The topological polar surface area (TPSA) is 6.48 Å².